The number of H-pyrrole nitrogens is 1. The first-order valence-electron chi connectivity index (χ1n) is 12.0. The number of tetrazole rings is 1. The lowest BCUT2D eigenvalue weighted by Crippen LogP contribution is -2.33. The van der Waals surface area contributed by atoms with Crippen LogP contribution in [-0.4, -0.2) is 47.2 Å². The Labute approximate surface area is 197 Å². The van der Waals surface area contributed by atoms with E-state index in [0.717, 1.165) is 77.7 Å². The summed E-state index contributed by atoms with van der Waals surface area (Å²) in [6, 6.07) is 6.87. The van der Waals surface area contributed by atoms with Crippen molar-refractivity contribution in [3.8, 4) is 11.4 Å². The van der Waals surface area contributed by atoms with E-state index in [2.05, 4.69) is 62.1 Å². The Kier molecular flexibility index (Phi) is 5.33. The largest absolute Gasteiger partial charge is 0.367 e. The molecule has 9 heteroatoms. The minimum atomic E-state index is 0.311. The number of anilines is 1. The van der Waals surface area contributed by atoms with Crippen LogP contribution in [0.5, 0.6) is 0 Å². The zero-order chi connectivity index (χ0) is 23.1. The lowest BCUT2D eigenvalue weighted by molar-refractivity contribution is 0.410. The summed E-state index contributed by atoms with van der Waals surface area (Å²) in [5.41, 5.74) is 8.90. The molecule has 4 N–H and O–H groups in total. The van der Waals surface area contributed by atoms with Crippen LogP contribution in [0.4, 0.5) is 5.82 Å². The molecule has 0 saturated heterocycles. The molecule has 0 spiro atoms. The van der Waals surface area contributed by atoms with E-state index in [1.807, 2.05) is 6.07 Å². The van der Waals surface area contributed by atoms with Crippen molar-refractivity contribution in [3.05, 3.63) is 48.3 Å². The van der Waals surface area contributed by atoms with Gasteiger partial charge < -0.3 is 16.0 Å². The van der Waals surface area contributed by atoms with Crippen LogP contribution in [0.25, 0.3) is 33.3 Å². The summed E-state index contributed by atoms with van der Waals surface area (Å²) < 4.78 is 0. The standard InChI is InChI=1S/C25H29N9/c1-34-32-23(31-33-34)16-7-12-19-20(14-16)28-25-22(19)24(27-18-10-8-17(26)9-11-18)29-21(30-25)13-15-5-3-2-4-6-15/h2-5,7,12,14-15,17-18H,6,8-11,13,26H2,1H3,(H2,27,28,29,30). The van der Waals surface area contributed by atoms with E-state index in [9.17, 15) is 0 Å². The first kappa shape index (κ1) is 21.0. The molecule has 174 valence electrons. The fourth-order valence-electron chi connectivity index (χ4n) is 5.05. The molecule has 1 aromatic carbocycles. The molecule has 1 fully saturated rings. The number of hydrogen-bond donors (Lipinski definition) is 3. The van der Waals surface area contributed by atoms with Crippen LogP contribution in [0.3, 0.4) is 0 Å². The number of aromatic nitrogens is 7. The number of hydrogen-bond acceptors (Lipinski definition) is 7. The zero-order valence-electron chi connectivity index (χ0n) is 19.3. The Balaban J connectivity index is 1.42. The summed E-state index contributed by atoms with van der Waals surface area (Å²) in [6.45, 7) is 0. The van der Waals surface area contributed by atoms with Crippen LogP contribution < -0.4 is 11.1 Å². The molecule has 0 radical (unpaired) electrons. The number of aromatic amines is 1. The zero-order valence-corrected chi connectivity index (χ0v) is 19.3. The Morgan fingerprint density at radius 2 is 2.03 bits per heavy atom. The smallest absolute Gasteiger partial charge is 0.204 e. The fourth-order valence-corrected chi connectivity index (χ4v) is 5.05. The van der Waals surface area contributed by atoms with Gasteiger partial charge in [0.15, 0.2) is 0 Å². The lowest BCUT2D eigenvalue weighted by atomic mass is 9.92. The molecule has 9 nitrogen and oxygen atoms in total. The third kappa shape index (κ3) is 4.07. The quantitative estimate of drug-likeness (QED) is 0.420. The topological polar surface area (TPSA) is 123 Å². The molecule has 0 amide bonds. The molecule has 34 heavy (non-hydrogen) atoms. The van der Waals surface area contributed by atoms with Gasteiger partial charge in [0, 0.05) is 35.0 Å². The van der Waals surface area contributed by atoms with Crippen molar-refractivity contribution < 1.29 is 0 Å². The van der Waals surface area contributed by atoms with Gasteiger partial charge in [-0.2, -0.15) is 4.80 Å². The van der Waals surface area contributed by atoms with Crippen LogP contribution in [0.15, 0.2) is 42.5 Å². The predicted octanol–water partition coefficient (Wildman–Crippen LogP) is 3.66. The second kappa shape index (κ2) is 8.64. The van der Waals surface area contributed by atoms with E-state index in [1.165, 1.54) is 4.80 Å². The molecule has 3 heterocycles. The normalized spacial score (nSPS) is 22.6. The van der Waals surface area contributed by atoms with Crippen LogP contribution in [0.1, 0.15) is 37.9 Å². The minimum Gasteiger partial charge on any atom is -0.367 e. The van der Waals surface area contributed by atoms with Crippen molar-refractivity contribution in [2.45, 2.75) is 50.6 Å². The number of rotatable bonds is 5. The lowest BCUT2D eigenvalue weighted by Gasteiger charge is -2.27. The van der Waals surface area contributed by atoms with E-state index < -0.39 is 0 Å². The minimum absolute atomic E-state index is 0.311. The summed E-state index contributed by atoms with van der Waals surface area (Å²) in [5, 5.41) is 18.3. The molecule has 4 aromatic rings. The highest BCUT2D eigenvalue weighted by molar-refractivity contribution is 6.11. The third-order valence-corrected chi connectivity index (χ3v) is 6.89. The molecule has 2 aliphatic rings. The van der Waals surface area contributed by atoms with Gasteiger partial charge in [-0.15, -0.1) is 10.2 Å². The van der Waals surface area contributed by atoms with Gasteiger partial charge in [0.2, 0.25) is 5.82 Å². The molecule has 0 aliphatic heterocycles. The van der Waals surface area contributed by atoms with E-state index in [0.29, 0.717) is 23.8 Å². The van der Waals surface area contributed by atoms with E-state index >= 15 is 0 Å². The maximum Gasteiger partial charge on any atom is 0.204 e. The van der Waals surface area contributed by atoms with Gasteiger partial charge in [-0.1, -0.05) is 36.4 Å². The van der Waals surface area contributed by atoms with Gasteiger partial charge in [-0.3, -0.25) is 0 Å². The molecular weight excluding hydrogens is 426 g/mol. The van der Waals surface area contributed by atoms with Gasteiger partial charge in [0.25, 0.3) is 0 Å². The van der Waals surface area contributed by atoms with Crippen molar-refractivity contribution >= 4 is 27.8 Å². The number of benzene rings is 1. The maximum atomic E-state index is 6.14. The van der Waals surface area contributed by atoms with Gasteiger partial charge in [0.1, 0.15) is 17.3 Å². The molecule has 3 aromatic heterocycles. The Morgan fingerprint density at radius 1 is 1.15 bits per heavy atom. The van der Waals surface area contributed by atoms with E-state index in [1.54, 1.807) is 7.05 Å². The molecule has 6 rings (SSSR count). The first-order valence-corrected chi connectivity index (χ1v) is 12.0. The second-order valence-corrected chi connectivity index (χ2v) is 9.47. The highest BCUT2D eigenvalue weighted by Crippen LogP contribution is 2.34. The average molecular weight is 456 g/mol. The van der Waals surface area contributed by atoms with Gasteiger partial charge in [0.05, 0.1) is 12.4 Å². The SMILES string of the molecule is Cn1nnc(-c2ccc3c(c2)[nH]c2nc(CC4C=CC=CC4)nc(NC4CCC(N)CC4)c23)n1. The van der Waals surface area contributed by atoms with Crippen molar-refractivity contribution in [2.75, 3.05) is 5.32 Å². The Hall–Kier alpha value is -3.59. The summed E-state index contributed by atoms with van der Waals surface area (Å²) in [5.74, 6) is 2.79. The van der Waals surface area contributed by atoms with Gasteiger partial charge >= 0.3 is 0 Å². The molecule has 1 atom stereocenters. The number of nitrogens with two attached hydrogens (primary N) is 1. The summed E-state index contributed by atoms with van der Waals surface area (Å²) in [7, 11) is 1.77. The summed E-state index contributed by atoms with van der Waals surface area (Å²) >= 11 is 0. The highest BCUT2D eigenvalue weighted by Gasteiger charge is 2.22. The molecular formula is C25H29N9. The third-order valence-electron chi connectivity index (χ3n) is 6.89. The van der Waals surface area contributed by atoms with E-state index in [-0.39, 0.29) is 0 Å². The van der Waals surface area contributed by atoms with Crippen molar-refractivity contribution in [1.82, 2.24) is 35.2 Å². The molecule has 2 aliphatic carbocycles. The number of nitrogens with one attached hydrogen (secondary N) is 2. The number of nitrogens with zero attached hydrogens (tertiary/aromatic N) is 6. The van der Waals surface area contributed by atoms with Crippen LogP contribution in [0, 0.1) is 5.92 Å². The van der Waals surface area contributed by atoms with E-state index in [4.69, 9.17) is 15.7 Å². The highest BCUT2D eigenvalue weighted by atomic mass is 15.6. The first-order chi connectivity index (χ1) is 16.6. The van der Waals surface area contributed by atoms with Crippen LogP contribution in [0.2, 0.25) is 0 Å². The monoisotopic (exact) mass is 455 g/mol. The molecule has 0 bridgehead atoms. The van der Waals surface area contributed by atoms with Crippen molar-refractivity contribution in [2.24, 2.45) is 18.7 Å². The number of allylic oxidation sites excluding steroid dienone is 4. The van der Waals surface area contributed by atoms with Gasteiger partial charge in [-0.05, 0) is 49.3 Å². The number of fused-ring (bicyclic) bond motifs is 3. The van der Waals surface area contributed by atoms with Crippen LogP contribution >= 0.6 is 0 Å². The van der Waals surface area contributed by atoms with Crippen molar-refractivity contribution in [3.63, 3.8) is 0 Å². The predicted molar refractivity (Wildman–Crippen MR) is 133 cm³/mol. The molecule has 1 saturated carbocycles. The van der Waals surface area contributed by atoms with Crippen LogP contribution in [-0.2, 0) is 13.5 Å². The summed E-state index contributed by atoms with van der Waals surface area (Å²) in [4.78, 5) is 15.0. The maximum absolute atomic E-state index is 6.14. The second-order valence-electron chi connectivity index (χ2n) is 9.47. The molecule has 1 unspecified atom stereocenters. The summed E-state index contributed by atoms with van der Waals surface area (Å²) in [6.07, 6.45) is 14.7. The van der Waals surface area contributed by atoms with Crippen molar-refractivity contribution in [1.29, 1.82) is 0 Å². The Bertz CT molecular complexity index is 1390. The average Bonchev–Trinajstić information content (AvgIpc) is 3.44. The number of aryl methyl sites for hydroxylation is 1. The van der Waals surface area contributed by atoms with Gasteiger partial charge in [-0.25, -0.2) is 9.97 Å². The fraction of sp³-hybridized carbons (Fsp3) is 0.400. The Morgan fingerprint density at radius 3 is 2.79 bits per heavy atom.